The van der Waals surface area contributed by atoms with Gasteiger partial charge >= 0.3 is 0 Å². The van der Waals surface area contributed by atoms with E-state index in [1.54, 1.807) is 0 Å². The summed E-state index contributed by atoms with van der Waals surface area (Å²) in [4.78, 5) is 0. The summed E-state index contributed by atoms with van der Waals surface area (Å²) < 4.78 is 2.21. The predicted octanol–water partition coefficient (Wildman–Crippen LogP) is 2.44. The van der Waals surface area contributed by atoms with Crippen molar-refractivity contribution in [3.05, 3.63) is 41.6 Å². The fourth-order valence-electron chi connectivity index (χ4n) is 2.12. The second-order valence-corrected chi connectivity index (χ2v) is 4.53. The van der Waals surface area contributed by atoms with E-state index >= 15 is 0 Å². The van der Waals surface area contributed by atoms with Gasteiger partial charge in [0.05, 0.1) is 0 Å². The lowest BCUT2D eigenvalue weighted by molar-refractivity contribution is 0.731. The molecule has 0 saturated carbocycles. The smallest absolute Gasteiger partial charge is 0.163 e. The SMILES string of the molecule is CC/C=C(/C=C\C=C(/C)N)c1nnc2n1CCC2. The van der Waals surface area contributed by atoms with Crippen molar-refractivity contribution in [1.29, 1.82) is 0 Å². The number of allylic oxidation sites excluding steroid dienone is 6. The number of nitrogens with zero attached hydrogens (tertiary/aromatic N) is 3. The Kier molecular flexibility index (Phi) is 3.97. The zero-order valence-electron chi connectivity index (χ0n) is 11.1. The molecular formula is C14H20N4. The van der Waals surface area contributed by atoms with Gasteiger partial charge in [-0.1, -0.05) is 25.2 Å². The van der Waals surface area contributed by atoms with Gasteiger partial charge in [0.1, 0.15) is 5.82 Å². The van der Waals surface area contributed by atoms with Crippen molar-refractivity contribution in [1.82, 2.24) is 14.8 Å². The molecule has 4 heteroatoms. The molecule has 18 heavy (non-hydrogen) atoms. The van der Waals surface area contributed by atoms with Gasteiger partial charge in [-0.15, -0.1) is 10.2 Å². The van der Waals surface area contributed by atoms with Crippen LogP contribution in [0.3, 0.4) is 0 Å². The molecule has 0 aromatic carbocycles. The Hall–Kier alpha value is -1.84. The molecule has 96 valence electrons. The summed E-state index contributed by atoms with van der Waals surface area (Å²) in [5.74, 6) is 2.08. The Morgan fingerprint density at radius 2 is 2.28 bits per heavy atom. The van der Waals surface area contributed by atoms with E-state index in [2.05, 4.69) is 33.8 Å². The molecule has 0 fully saturated rings. The number of rotatable bonds is 4. The van der Waals surface area contributed by atoms with Crippen LogP contribution in [0, 0.1) is 0 Å². The highest BCUT2D eigenvalue weighted by molar-refractivity contribution is 5.70. The number of hydrogen-bond donors (Lipinski definition) is 1. The minimum absolute atomic E-state index is 0.800. The van der Waals surface area contributed by atoms with Crippen molar-refractivity contribution in [3.8, 4) is 0 Å². The van der Waals surface area contributed by atoms with E-state index in [1.165, 1.54) is 6.42 Å². The average molecular weight is 244 g/mol. The van der Waals surface area contributed by atoms with E-state index < -0.39 is 0 Å². The molecule has 2 rings (SSSR count). The number of hydrogen-bond acceptors (Lipinski definition) is 3. The van der Waals surface area contributed by atoms with Crippen LogP contribution in [0.5, 0.6) is 0 Å². The Morgan fingerprint density at radius 3 is 3.00 bits per heavy atom. The number of nitrogens with two attached hydrogens (primary N) is 1. The van der Waals surface area contributed by atoms with Gasteiger partial charge in [-0.05, 0) is 25.8 Å². The molecule has 0 radical (unpaired) electrons. The van der Waals surface area contributed by atoms with E-state index in [1.807, 2.05) is 19.1 Å². The van der Waals surface area contributed by atoms with Crippen LogP contribution >= 0.6 is 0 Å². The molecule has 0 atom stereocenters. The van der Waals surface area contributed by atoms with Gasteiger partial charge in [-0.25, -0.2) is 0 Å². The molecule has 4 nitrogen and oxygen atoms in total. The molecule has 0 bridgehead atoms. The lowest BCUT2D eigenvalue weighted by Crippen LogP contribution is -1.99. The van der Waals surface area contributed by atoms with E-state index in [4.69, 9.17) is 5.73 Å². The second-order valence-electron chi connectivity index (χ2n) is 4.53. The van der Waals surface area contributed by atoms with Gasteiger partial charge in [0, 0.05) is 24.2 Å². The van der Waals surface area contributed by atoms with Gasteiger partial charge in [-0.3, -0.25) is 0 Å². The van der Waals surface area contributed by atoms with E-state index in [-0.39, 0.29) is 0 Å². The molecule has 0 amide bonds. The highest BCUT2D eigenvalue weighted by Gasteiger charge is 2.18. The van der Waals surface area contributed by atoms with Crippen LogP contribution in [-0.4, -0.2) is 14.8 Å². The lowest BCUT2D eigenvalue weighted by atomic mass is 10.2. The summed E-state index contributed by atoms with van der Waals surface area (Å²) >= 11 is 0. The Balaban J connectivity index is 2.28. The zero-order chi connectivity index (χ0) is 13.0. The average Bonchev–Trinajstić information content (AvgIpc) is 2.89. The quantitative estimate of drug-likeness (QED) is 0.828. The number of aromatic nitrogens is 3. The van der Waals surface area contributed by atoms with Crippen LogP contribution in [0.4, 0.5) is 0 Å². The molecule has 1 aliphatic rings. The van der Waals surface area contributed by atoms with Gasteiger partial charge < -0.3 is 10.3 Å². The maximum Gasteiger partial charge on any atom is 0.163 e. The van der Waals surface area contributed by atoms with E-state index in [9.17, 15) is 0 Å². The van der Waals surface area contributed by atoms with Gasteiger partial charge in [0.15, 0.2) is 5.82 Å². The minimum Gasteiger partial charge on any atom is -0.402 e. The molecule has 2 N–H and O–H groups in total. The maximum absolute atomic E-state index is 5.62. The molecule has 0 saturated heterocycles. The van der Waals surface area contributed by atoms with E-state index in [0.717, 1.165) is 42.3 Å². The first-order valence-electron chi connectivity index (χ1n) is 6.45. The summed E-state index contributed by atoms with van der Waals surface area (Å²) in [6.07, 6.45) is 11.3. The maximum atomic E-state index is 5.62. The van der Waals surface area contributed by atoms with Gasteiger partial charge in [-0.2, -0.15) is 0 Å². The minimum atomic E-state index is 0.800. The topological polar surface area (TPSA) is 56.7 Å². The highest BCUT2D eigenvalue weighted by atomic mass is 15.3. The fourth-order valence-corrected chi connectivity index (χ4v) is 2.12. The summed E-state index contributed by atoms with van der Waals surface area (Å²) in [5.41, 5.74) is 7.54. The van der Waals surface area contributed by atoms with Crippen molar-refractivity contribution in [2.45, 2.75) is 39.7 Å². The molecule has 2 heterocycles. The number of fused-ring (bicyclic) bond motifs is 1. The fraction of sp³-hybridized carbons (Fsp3) is 0.429. The molecule has 1 aromatic rings. The van der Waals surface area contributed by atoms with Crippen molar-refractivity contribution in [2.24, 2.45) is 5.73 Å². The van der Waals surface area contributed by atoms with Gasteiger partial charge in [0.2, 0.25) is 0 Å². The summed E-state index contributed by atoms with van der Waals surface area (Å²) in [6, 6.07) is 0. The summed E-state index contributed by atoms with van der Waals surface area (Å²) in [5, 5.41) is 8.54. The van der Waals surface area contributed by atoms with Gasteiger partial charge in [0.25, 0.3) is 0 Å². The Bertz CT molecular complexity index is 502. The van der Waals surface area contributed by atoms with Crippen LogP contribution in [0.25, 0.3) is 5.57 Å². The number of aryl methyl sites for hydroxylation is 1. The highest BCUT2D eigenvalue weighted by Crippen LogP contribution is 2.21. The normalized spacial score (nSPS) is 16.6. The van der Waals surface area contributed by atoms with Crippen molar-refractivity contribution in [3.63, 3.8) is 0 Å². The third kappa shape index (κ3) is 2.70. The van der Waals surface area contributed by atoms with Crippen molar-refractivity contribution < 1.29 is 0 Å². The Labute approximate surface area is 108 Å². The van der Waals surface area contributed by atoms with Crippen LogP contribution in [0.15, 0.2) is 30.0 Å². The largest absolute Gasteiger partial charge is 0.402 e. The predicted molar refractivity (Wildman–Crippen MR) is 73.7 cm³/mol. The van der Waals surface area contributed by atoms with Crippen LogP contribution in [-0.2, 0) is 13.0 Å². The third-order valence-corrected chi connectivity index (χ3v) is 2.93. The third-order valence-electron chi connectivity index (χ3n) is 2.93. The molecular weight excluding hydrogens is 224 g/mol. The molecule has 1 aliphatic heterocycles. The van der Waals surface area contributed by atoms with Crippen LogP contribution in [0.2, 0.25) is 0 Å². The molecule has 0 unspecified atom stereocenters. The standard InChI is InChI=1S/C14H20N4/c1-3-6-12(8-4-7-11(2)15)14-17-16-13-9-5-10-18(13)14/h4,6-8H,3,5,9-10,15H2,1-2H3/b8-4-,11-7+,12-6-. The van der Waals surface area contributed by atoms with Crippen LogP contribution < -0.4 is 5.73 Å². The summed E-state index contributed by atoms with van der Waals surface area (Å²) in [6.45, 7) is 5.03. The van der Waals surface area contributed by atoms with Crippen molar-refractivity contribution in [2.75, 3.05) is 0 Å². The monoisotopic (exact) mass is 244 g/mol. The first-order valence-corrected chi connectivity index (χ1v) is 6.45. The second kappa shape index (κ2) is 5.67. The molecule has 1 aromatic heterocycles. The first-order chi connectivity index (χ1) is 8.72. The summed E-state index contributed by atoms with van der Waals surface area (Å²) in [7, 11) is 0. The van der Waals surface area contributed by atoms with E-state index in [0.29, 0.717) is 0 Å². The lowest BCUT2D eigenvalue weighted by Gasteiger charge is -2.03. The molecule has 0 spiro atoms. The molecule has 0 aliphatic carbocycles. The van der Waals surface area contributed by atoms with Crippen molar-refractivity contribution >= 4 is 5.57 Å². The Morgan fingerprint density at radius 1 is 1.44 bits per heavy atom. The first kappa shape index (κ1) is 12.6. The zero-order valence-corrected chi connectivity index (χ0v) is 11.1. The van der Waals surface area contributed by atoms with Crippen LogP contribution in [0.1, 0.15) is 38.3 Å².